The molecule has 0 radical (unpaired) electrons. The molecule has 1 fully saturated rings. The third-order valence-electron chi connectivity index (χ3n) is 5.24. The van der Waals surface area contributed by atoms with Gasteiger partial charge in [-0.3, -0.25) is 4.79 Å². The Labute approximate surface area is 201 Å². The average Bonchev–Trinajstić information content (AvgIpc) is 3.38. The standard InChI is InChI=1S/C21H12N4O3S4/c1-2-9-3-10(4-9)19(27)28-14-17-15(29-20(31-17)11(5-22)6-23)13(26)16-18(14)32-21(30-16)12(7-24)8-25/h9-10,26H,2-4H2,1H3. The second-order valence-corrected chi connectivity index (χ2v) is 11.6. The summed E-state index contributed by atoms with van der Waals surface area (Å²) in [6, 6.07) is 7.39. The Hall–Kier alpha value is -2.67. The molecule has 1 aromatic carbocycles. The van der Waals surface area contributed by atoms with Gasteiger partial charge in [0.15, 0.2) is 5.75 Å². The van der Waals surface area contributed by atoms with Crippen LogP contribution in [0.25, 0.3) is 0 Å². The number of nitriles is 4. The van der Waals surface area contributed by atoms with Crippen molar-refractivity contribution >= 4 is 53.0 Å². The Morgan fingerprint density at radius 1 is 0.906 bits per heavy atom. The maximum Gasteiger partial charge on any atom is 0.314 e. The zero-order chi connectivity index (χ0) is 23.0. The zero-order valence-corrected chi connectivity index (χ0v) is 19.7. The van der Waals surface area contributed by atoms with Gasteiger partial charge in [-0.1, -0.05) is 60.4 Å². The van der Waals surface area contributed by atoms with Crippen LogP contribution in [-0.2, 0) is 4.79 Å². The van der Waals surface area contributed by atoms with E-state index in [1.54, 1.807) is 0 Å². The van der Waals surface area contributed by atoms with E-state index in [-0.39, 0.29) is 34.5 Å². The number of rotatable bonds is 3. The number of esters is 1. The fraction of sp³-hybridized carbons (Fsp3) is 0.286. The molecule has 1 N–H and O–H groups in total. The summed E-state index contributed by atoms with van der Waals surface area (Å²) < 4.78 is 6.65. The highest BCUT2D eigenvalue weighted by molar-refractivity contribution is 8.26. The number of ether oxygens (including phenoxy) is 1. The van der Waals surface area contributed by atoms with Gasteiger partial charge in [-0.2, -0.15) is 21.0 Å². The van der Waals surface area contributed by atoms with E-state index in [4.69, 9.17) is 4.74 Å². The van der Waals surface area contributed by atoms with Gasteiger partial charge in [-0.15, -0.1) is 0 Å². The van der Waals surface area contributed by atoms with Gasteiger partial charge in [0.2, 0.25) is 0 Å². The maximum atomic E-state index is 12.8. The monoisotopic (exact) mass is 496 g/mol. The van der Waals surface area contributed by atoms with Crippen LogP contribution >= 0.6 is 47.0 Å². The second kappa shape index (κ2) is 9.06. The van der Waals surface area contributed by atoms with Gasteiger partial charge in [0.25, 0.3) is 0 Å². The van der Waals surface area contributed by atoms with E-state index in [1.165, 1.54) is 0 Å². The van der Waals surface area contributed by atoms with Crippen molar-refractivity contribution in [3.8, 4) is 35.8 Å². The molecule has 0 unspecified atom stereocenters. The molecular weight excluding hydrogens is 485 g/mol. The second-order valence-electron chi connectivity index (χ2n) is 7.04. The van der Waals surface area contributed by atoms with Crippen molar-refractivity contribution in [1.82, 2.24) is 0 Å². The summed E-state index contributed by atoms with van der Waals surface area (Å²) in [7, 11) is 0. The van der Waals surface area contributed by atoms with Crippen molar-refractivity contribution in [3.05, 3.63) is 19.6 Å². The highest BCUT2D eigenvalue weighted by atomic mass is 32.2. The molecule has 0 saturated heterocycles. The van der Waals surface area contributed by atoms with Crippen LogP contribution in [0.1, 0.15) is 26.2 Å². The predicted octanol–water partition coefficient (Wildman–Crippen LogP) is 5.65. The fourth-order valence-corrected chi connectivity index (χ4v) is 8.49. The third-order valence-corrected chi connectivity index (χ3v) is 10.4. The predicted molar refractivity (Wildman–Crippen MR) is 120 cm³/mol. The minimum atomic E-state index is -0.363. The number of aromatic hydroxyl groups is 1. The summed E-state index contributed by atoms with van der Waals surface area (Å²) in [5, 5.41) is 47.9. The Morgan fingerprint density at radius 2 is 1.34 bits per heavy atom. The lowest BCUT2D eigenvalue weighted by atomic mass is 9.74. The van der Waals surface area contributed by atoms with E-state index in [9.17, 15) is 30.9 Å². The number of nitrogens with zero attached hydrogens (tertiary/aromatic N) is 4. The molecule has 0 amide bonds. The van der Waals surface area contributed by atoms with Crippen LogP contribution in [-0.4, -0.2) is 11.1 Å². The van der Waals surface area contributed by atoms with Crippen molar-refractivity contribution in [2.75, 3.05) is 0 Å². The van der Waals surface area contributed by atoms with Crippen LogP contribution in [0, 0.1) is 57.2 Å². The van der Waals surface area contributed by atoms with Gasteiger partial charge in [0.05, 0.1) is 34.0 Å². The molecule has 158 valence electrons. The van der Waals surface area contributed by atoms with Crippen LogP contribution < -0.4 is 4.74 Å². The molecule has 7 nitrogen and oxygen atoms in total. The van der Waals surface area contributed by atoms with Gasteiger partial charge < -0.3 is 9.84 Å². The number of carbonyl (C=O) groups excluding carboxylic acids is 1. The third kappa shape index (κ3) is 3.72. The topological polar surface area (TPSA) is 142 Å². The Balaban J connectivity index is 1.80. The lowest BCUT2D eigenvalue weighted by Crippen LogP contribution is -2.33. The molecule has 2 aliphatic heterocycles. The maximum absolute atomic E-state index is 12.8. The lowest BCUT2D eigenvalue weighted by molar-refractivity contribution is -0.143. The molecule has 1 saturated carbocycles. The van der Waals surface area contributed by atoms with Gasteiger partial charge in [0, 0.05) is 0 Å². The average molecular weight is 497 g/mol. The number of fused-ring (bicyclic) bond motifs is 2. The Kier molecular flexibility index (Phi) is 6.38. The molecule has 0 bridgehead atoms. The van der Waals surface area contributed by atoms with E-state index in [0.717, 1.165) is 66.3 Å². The quantitative estimate of drug-likeness (QED) is 0.315. The summed E-state index contributed by atoms with van der Waals surface area (Å²) in [6.45, 7) is 2.08. The minimum absolute atomic E-state index is 0.0880. The van der Waals surface area contributed by atoms with Gasteiger partial charge in [-0.25, -0.2) is 0 Å². The Bertz CT molecular complexity index is 1170. The van der Waals surface area contributed by atoms with Gasteiger partial charge >= 0.3 is 5.97 Å². The highest BCUT2D eigenvalue weighted by Gasteiger charge is 2.40. The molecular formula is C21H12N4O3S4. The zero-order valence-electron chi connectivity index (χ0n) is 16.5. The van der Waals surface area contributed by atoms with E-state index in [0.29, 0.717) is 34.0 Å². The number of benzene rings is 1. The first-order chi connectivity index (χ1) is 15.4. The van der Waals surface area contributed by atoms with Crippen LogP contribution in [0.2, 0.25) is 0 Å². The fourth-order valence-electron chi connectivity index (χ4n) is 3.39. The summed E-state index contributed by atoms with van der Waals surface area (Å²) in [5.74, 6) is 0.0895. The molecule has 3 aliphatic rings. The molecule has 0 spiro atoms. The highest BCUT2D eigenvalue weighted by Crippen LogP contribution is 2.68. The van der Waals surface area contributed by atoms with Crippen LogP contribution in [0.4, 0.5) is 0 Å². The number of hydrogen-bond acceptors (Lipinski definition) is 11. The number of carbonyl (C=O) groups is 1. The normalized spacial score (nSPS) is 20.0. The number of phenols is 1. The van der Waals surface area contributed by atoms with E-state index in [2.05, 4.69) is 6.92 Å². The van der Waals surface area contributed by atoms with E-state index >= 15 is 0 Å². The molecule has 4 rings (SSSR count). The SMILES string of the molecule is CCC1CC(C(=O)Oc2c3c(c(O)c4c2SC(=C(C#N)C#N)S4)SC(=C(C#N)C#N)S3)C1. The minimum Gasteiger partial charge on any atom is -0.505 e. The summed E-state index contributed by atoms with van der Waals surface area (Å²) in [4.78, 5) is 14.5. The van der Waals surface area contributed by atoms with Crippen molar-refractivity contribution in [3.63, 3.8) is 0 Å². The molecule has 0 atom stereocenters. The van der Waals surface area contributed by atoms with Crippen LogP contribution in [0.3, 0.4) is 0 Å². The van der Waals surface area contributed by atoms with Crippen molar-refractivity contribution in [2.24, 2.45) is 11.8 Å². The van der Waals surface area contributed by atoms with Gasteiger partial charge in [0.1, 0.15) is 41.2 Å². The van der Waals surface area contributed by atoms with Crippen LogP contribution in [0.5, 0.6) is 11.5 Å². The molecule has 0 aromatic heterocycles. The van der Waals surface area contributed by atoms with Crippen molar-refractivity contribution in [1.29, 1.82) is 21.0 Å². The molecule has 11 heteroatoms. The molecule has 32 heavy (non-hydrogen) atoms. The van der Waals surface area contributed by atoms with Crippen molar-refractivity contribution in [2.45, 2.75) is 45.8 Å². The smallest absolute Gasteiger partial charge is 0.314 e. The Morgan fingerprint density at radius 3 is 1.75 bits per heavy atom. The summed E-state index contributed by atoms with van der Waals surface area (Å²) >= 11 is 4.33. The summed E-state index contributed by atoms with van der Waals surface area (Å²) in [5.41, 5.74) is -0.176. The largest absolute Gasteiger partial charge is 0.505 e. The number of allylic oxidation sites excluding steroid dienone is 2. The molecule has 1 aliphatic carbocycles. The van der Waals surface area contributed by atoms with Gasteiger partial charge in [-0.05, 0) is 18.8 Å². The summed E-state index contributed by atoms with van der Waals surface area (Å²) in [6.07, 6.45) is 2.53. The molecule has 2 heterocycles. The number of hydrogen-bond donors (Lipinski definition) is 1. The first-order valence-corrected chi connectivity index (χ1v) is 12.7. The molecule has 1 aromatic rings. The van der Waals surface area contributed by atoms with Crippen molar-refractivity contribution < 1.29 is 14.6 Å². The van der Waals surface area contributed by atoms with E-state index < -0.39 is 0 Å². The van der Waals surface area contributed by atoms with Crippen LogP contribution in [0.15, 0.2) is 39.2 Å². The first-order valence-electron chi connectivity index (χ1n) is 9.40. The number of phenolic OH excluding ortho intramolecular Hbond substituents is 1. The van der Waals surface area contributed by atoms with E-state index in [1.807, 2.05) is 24.3 Å². The first kappa shape index (κ1) is 22.5. The lowest BCUT2D eigenvalue weighted by Gasteiger charge is -2.32. The number of thioether (sulfide) groups is 4.